The number of nitrogens with zero attached hydrogens (tertiary/aromatic N) is 1. The molecule has 0 radical (unpaired) electrons. The summed E-state index contributed by atoms with van der Waals surface area (Å²) in [6, 6.07) is 1.47. The molecule has 94 valence electrons. The Balaban J connectivity index is 2.12. The quantitative estimate of drug-likeness (QED) is 0.586. The van der Waals surface area contributed by atoms with Crippen LogP contribution in [0.5, 0.6) is 0 Å². The van der Waals surface area contributed by atoms with Crippen molar-refractivity contribution in [3.63, 3.8) is 0 Å². The van der Waals surface area contributed by atoms with E-state index in [4.69, 9.17) is 0 Å². The highest BCUT2D eigenvalue weighted by Gasteiger charge is 2.34. The van der Waals surface area contributed by atoms with E-state index in [1.807, 2.05) is 11.8 Å². The smallest absolute Gasteiger partial charge is 0.194 e. The average Bonchev–Trinajstić information content (AvgIpc) is 2.23. The van der Waals surface area contributed by atoms with Crippen molar-refractivity contribution in [1.82, 2.24) is 4.90 Å². The van der Waals surface area contributed by atoms with Gasteiger partial charge in [-0.3, -0.25) is 0 Å². The van der Waals surface area contributed by atoms with Crippen molar-refractivity contribution in [2.45, 2.75) is 13.1 Å². The molecule has 1 aliphatic heterocycles. The van der Waals surface area contributed by atoms with E-state index in [2.05, 4.69) is 0 Å². The highest BCUT2D eigenvalue weighted by molar-refractivity contribution is 5.23. The maximum absolute atomic E-state index is 13.9. The van der Waals surface area contributed by atoms with E-state index in [0.29, 0.717) is 13.1 Å². The number of likely N-dealkylation sites (tertiary alicyclic amines) is 1. The monoisotopic (exact) mass is 247 g/mol. The summed E-state index contributed by atoms with van der Waals surface area (Å²) >= 11 is 0. The van der Waals surface area contributed by atoms with Crippen molar-refractivity contribution in [3.05, 3.63) is 35.1 Å². The minimum absolute atomic E-state index is 0.123. The summed E-state index contributed by atoms with van der Waals surface area (Å²) in [5.41, 5.74) is -0.123. The number of halogens is 4. The van der Waals surface area contributed by atoms with Crippen LogP contribution in [-0.2, 0) is 0 Å². The first-order valence-corrected chi connectivity index (χ1v) is 5.53. The molecule has 1 aromatic carbocycles. The zero-order valence-electron chi connectivity index (χ0n) is 9.39. The number of hydrogen-bond donors (Lipinski definition) is 0. The largest absolute Gasteiger partial charge is 0.303 e. The molecule has 2 rings (SSSR count). The second kappa shape index (κ2) is 4.64. The summed E-state index contributed by atoms with van der Waals surface area (Å²) < 4.78 is 52.5. The minimum Gasteiger partial charge on any atom is -0.303 e. The van der Waals surface area contributed by atoms with Gasteiger partial charge < -0.3 is 4.90 Å². The summed E-state index contributed by atoms with van der Waals surface area (Å²) in [5.74, 6) is -4.49. The van der Waals surface area contributed by atoms with E-state index in [9.17, 15) is 17.6 Å². The van der Waals surface area contributed by atoms with Crippen LogP contribution in [0, 0.1) is 23.4 Å². The number of hydrogen-bond acceptors (Lipinski definition) is 1. The molecular weight excluding hydrogens is 234 g/mol. The topological polar surface area (TPSA) is 3.24 Å². The number of benzene rings is 1. The molecule has 1 atom stereocenters. The van der Waals surface area contributed by atoms with Crippen LogP contribution in [0.25, 0.3) is 0 Å². The van der Waals surface area contributed by atoms with Gasteiger partial charge in [0, 0.05) is 19.0 Å². The fourth-order valence-electron chi connectivity index (χ4n) is 2.06. The Morgan fingerprint density at radius 1 is 1.24 bits per heavy atom. The van der Waals surface area contributed by atoms with Crippen LogP contribution >= 0.6 is 0 Å². The highest BCUT2D eigenvalue weighted by Crippen LogP contribution is 2.34. The zero-order valence-corrected chi connectivity index (χ0v) is 9.39. The van der Waals surface area contributed by atoms with Crippen LogP contribution in [0.1, 0.15) is 18.7 Å². The van der Waals surface area contributed by atoms with E-state index < -0.39 is 23.6 Å². The van der Waals surface area contributed by atoms with Gasteiger partial charge in [0.15, 0.2) is 17.5 Å². The summed E-state index contributed by atoms with van der Waals surface area (Å²) in [6.07, 6.45) is -1.44. The van der Waals surface area contributed by atoms with Crippen molar-refractivity contribution < 1.29 is 17.6 Å². The molecular formula is C12H13F4N. The van der Waals surface area contributed by atoms with Gasteiger partial charge in [-0.25, -0.2) is 17.6 Å². The Morgan fingerprint density at radius 3 is 2.24 bits per heavy atom. The Hall–Kier alpha value is -1.10. The average molecular weight is 247 g/mol. The van der Waals surface area contributed by atoms with Gasteiger partial charge in [-0.1, -0.05) is 6.92 Å². The maximum Gasteiger partial charge on any atom is 0.194 e. The highest BCUT2D eigenvalue weighted by atomic mass is 19.2. The van der Waals surface area contributed by atoms with Gasteiger partial charge in [-0.05, 0) is 24.2 Å². The Labute approximate surface area is 97.0 Å². The molecule has 1 saturated heterocycles. The molecule has 1 nitrogen and oxygen atoms in total. The van der Waals surface area contributed by atoms with Crippen LogP contribution in [0.4, 0.5) is 17.6 Å². The molecule has 0 aromatic heterocycles. The van der Waals surface area contributed by atoms with Gasteiger partial charge in [-0.2, -0.15) is 0 Å². The Morgan fingerprint density at radius 2 is 1.76 bits per heavy atom. The van der Waals surface area contributed by atoms with Gasteiger partial charge in [-0.15, -0.1) is 0 Å². The molecule has 1 fully saturated rings. The lowest BCUT2D eigenvalue weighted by atomic mass is 9.90. The molecule has 0 aliphatic carbocycles. The summed E-state index contributed by atoms with van der Waals surface area (Å²) in [7, 11) is 0. The van der Waals surface area contributed by atoms with Gasteiger partial charge >= 0.3 is 0 Å². The summed E-state index contributed by atoms with van der Waals surface area (Å²) in [5, 5.41) is 0. The molecule has 1 aromatic rings. The number of rotatable bonds is 3. The maximum atomic E-state index is 13.9. The zero-order chi connectivity index (χ0) is 12.6. The van der Waals surface area contributed by atoms with Crippen LogP contribution in [0.2, 0.25) is 0 Å². The first-order valence-electron chi connectivity index (χ1n) is 5.53. The van der Waals surface area contributed by atoms with Gasteiger partial charge in [0.2, 0.25) is 0 Å². The van der Waals surface area contributed by atoms with Crippen LogP contribution in [-0.4, -0.2) is 24.5 Å². The van der Waals surface area contributed by atoms with E-state index in [1.165, 1.54) is 0 Å². The van der Waals surface area contributed by atoms with E-state index in [1.54, 1.807) is 0 Å². The third-order valence-electron chi connectivity index (χ3n) is 3.17. The van der Waals surface area contributed by atoms with Gasteiger partial charge in [0.25, 0.3) is 0 Å². The normalized spacial score (nSPS) is 19.1. The van der Waals surface area contributed by atoms with Gasteiger partial charge in [0.1, 0.15) is 6.17 Å². The Kier molecular flexibility index (Phi) is 3.38. The van der Waals surface area contributed by atoms with E-state index in [-0.39, 0.29) is 11.5 Å². The third-order valence-corrected chi connectivity index (χ3v) is 3.17. The predicted molar refractivity (Wildman–Crippen MR) is 55.8 cm³/mol. The first kappa shape index (κ1) is 12.4. The second-order valence-corrected chi connectivity index (χ2v) is 4.31. The molecule has 1 unspecified atom stereocenters. The molecule has 0 spiro atoms. The van der Waals surface area contributed by atoms with Gasteiger partial charge in [0.05, 0.1) is 0 Å². The molecule has 0 N–H and O–H groups in total. The molecule has 1 heterocycles. The molecule has 0 amide bonds. The van der Waals surface area contributed by atoms with Crippen molar-refractivity contribution in [3.8, 4) is 0 Å². The van der Waals surface area contributed by atoms with Crippen molar-refractivity contribution in [1.29, 1.82) is 0 Å². The first-order chi connectivity index (χ1) is 8.02. The van der Waals surface area contributed by atoms with Crippen molar-refractivity contribution >= 4 is 0 Å². The minimum atomic E-state index is -1.55. The van der Waals surface area contributed by atoms with Crippen molar-refractivity contribution in [2.24, 2.45) is 5.92 Å². The molecule has 5 heteroatoms. The Bertz CT molecular complexity index is 392. The fraction of sp³-hybridized carbons (Fsp3) is 0.500. The molecule has 17 heavy (non-hydrogen) atoms. The SMILES string of the molecule is CCN1CC(C(F)c2cc(F)c(F)c(F)c2)C1. The second-order valence-electron chi connectivity index (χ2n) is 4.31. The summed E-state index contributed by atoms with van der Waals surface area (Å²) in [6.45, 7) is 3.92. The lowest BCUT2D eigenvalue weighted by Crippen LogP contribution is -2.48. The predicted octanol–water partition coefficient (Wildman–Crippen LogP) is 3.07. The molecule has 0 bridgehead atoms. The van der Waals surface area contributed by atoms with E-state index >= 15 is 0 Å². The van der Waals surface area contributed by atoms with Crippen LogP contribution in [0.15, 0.2) is 12.1 Å². The third kappa shape index (κ3) is 2.29. The fourth-order valence-corrected chi connectivity index (χ4v) is 2.06. The standard InChI is InChI=1S/C12H13F4N/c1-2-17-5-8(6-17)11(15)7-3-9(13)12(16)10(14)4-7/h3-4,8,11H,2,5-6H2,1H3. The van der Waals surface area contributed by atoms with Crippen LogP contribution < -0.4 is 0 Å². The summed E-state index contributed by atoms with van der Waals surface area (Å²) in [4.78, 5) is 2.02. The lowest BCUT2D eigenvalue weighted by molar-refractivity contribution is 0.0424. The van der Waals surface area contributed by atoms with E-state index in [0.717, 1.165) is 18.7 Å². The van der Waals surface area contributed by atoms with Crippen molar-refractivity contribution in [2.75, 3.05) is 19.6 Å². The molecule has 1 aliphatic rings. The van der Waals surface area contributed by atoms with Crippen LogP contribution in [0.3, 0.4) is 0 Å². The lowest BCUT2D eigenvalue weighted by Gasteiger charge is -2.40. The molecule has 0 saturated carbocycles. The number of alkyl halides is 1.